The van der Waals surface area contributed by atoms with Gasteiger partial charge >= 0.3 is 6.09 Å². The van der Waals surface area contributed by atoms with Gasteiger partial charge in [0, 0.05) is 18.7 Å². The van der Waals surface area contributed by atoms with Crippen molar-refractivity contribution in [2.24, 2.45) is 0 Å². The number of benzene rings is 3. The lowest BCUT2D eigenvalue weighted by molar-refractivity contribution is -0.140. The van der Waals surface area contributed by atoms with Crippen LogP contribution in [0.5, 0.6) is 5.75 Å². The van der Waals surface area contributed by atoms with Crippen LogP contribution in [0.3, 0.4) is 0 Å². The molecular weight excluding hydrogens is 578 g/mol. The van der Waals surface area contributed by atoms with E-state index in [1.807, 2.05) is 62.4 Å². The molecule has 3 rings (SSSR count). The van der Waals surface area contributed by atoms with Gasteiger partial charge in [0.05, 0.1) is 7.11 Å². The number of aryl methyl sites for hydroxylation is 2. The van der Waals surface area contributed by atoms with Gasteiger partial charge in [0.15, 0.2) is 0 Å². The maximum Gasteiger partial charge on any atom is 0.408 e. The summed E-state index contributed by atoms with van der Waals surface area (Å²) >= 11 is 0. The molecule has 0 fully saturated rings. The number of nitrogens with one attached hydrogen (secondary N) is 2. The van der Waals surface area contributed by atoms with Crippen molar-refractivity contribution in [1.29, 1.82) is 0 Å². The molecule has 0 saturated heterocycles. The molecule has 248 valence electrons. The van der Waals surface area contributed by atoms with Crippen molar-refractivity contribution in [3.8, 4) is 5.75 Å². The second-order valence-electron chi connectivity index (χ2n) is 12.8. The summed E-state index contributed by atoms with van der Waals surface area (Å²) in [5.41, 5.74) is 3.41. The number of anilines is 1. The minimum Gasteiger partial charge on any atom is -0.497 e. The Bertz CT molecular complexity index is 1420. The summed E-state index contributed by atoms with van der Waals surface area (Å²) in [6.07, 6.45) is 4.42. The zero-order valence-corrected chi connectivity index (χ0v) is 28.5. The first-order valence-corrected chi connectivity index (χ1v) is 16.3. The highest BCUT2D eigenvalue weighted by atomic mass is 16.6. The van der Waals surface area contributed by atoms with E-state index in [0.29, 0.717) is 24.4 Å². The lowest BCUT2D eigenvalue weighted by atomic mass is 9.95. The van der Waals surface area contributed by atoms with Crippen LogP contribution in [0.2, 0.25) is 0 Å². The molecule has 0 aromatic heterocycles. The second kappa shape index (κ2) is 17.4. The van der Waals surface area contributed by atoms with Gasteiger partial charge in [-0.25, -0.2) is 4.79 Å². The van der Waals surface area contributed by atoms with Gasteiger partial charge in [-0.2, -0.15) is 0 Å². The maximum atomic E-state index is 14.8. The van der Waals surface area contributed by atoms with Crippen molar-refractivity contribution < 1.29 is 23.9 Å². The van der Waals surface area contributed by atoms with Gasteiger partial charge in [0.2, 0.25) is 5.91 Å². The monoisotopic (exact) mass is 629 g/mol. The van der Waals surface area contributed by atoms with E-state index < -0.39 is 23.8 Å². The molecule has 0 saturated carbocycles. The summed E-state index contributed by atoms with van der Waals surface area (Å²) in [6.45, 7) is 11.8. The summed E-state index contributed by atoms with van der Waals surface area (Å²) < 4.78 is 10.9. The third kappa shape index (κ3) is 11.2. The van der Waals surface area contributed by atoms with E-state index in [2.05, 4.69) is 17.6 Å². The minimum atomic E-state index is -0.963. The Hall–Kier alpha value is -4.33. The summed E-state index contributed by atoms with van der Waals surface area (Å²) in [4.78, 5) is 43.8. The van der Waals surface area contributed by atoms with Crippen LogP contribution in [0.1, 0.15) is 88.1 Å². The average molecular weight is 630 g/mol. The summed E-state index contributed by atoms with van der Waals surface area (Å²) in [6, 6.07) is 20.6. The third-order valence-corrected chi connectivity index (χ3v) is 7.69. The molecule has 3 aromatic rings. The maximum absolute atomic E-state index is 14.8. The van der Waals surface area contributed by atoms with Crippen LogP contribution in [0.15, 0.2) is 72.8 Å². The lowest BCUT2D eigenvalue weighted by Gasteiger charge is -2.35. The van der Waals surface area contributed by atoms with Gasteiger partial charge < -0.3 is 25.0 Å². The molecule has 0 spiro atoms. The SMILES string of the molecule is CCCCCCCN(C(=O)C(Cc1ccccc1)NC(=O)OC(C)(C)C)C(C(=O)Nc1ccc(OC)cc1)c1ccc(C)cc1C. The van der Waals surface area contributed by atoms with Crippen molar-refractivity contribution in [1.82, 2.24) is 10.2 Å². The highest BCUT2D eigenvalue weighted by molar-refractivity contribution is 5.99. The molecular formula is C38H51N3O5. The fraction of sp³-hybridized carbons (Fsp3) is 0.447. The van der Waals surface area contributed by atoms with Gasteiger partial charge in [-0.15, -0.1) is 0 Å². The molecule has 46 heavy (non-hydrogen) atoms. The van der Waals surface area contributed by atoms with Crippen molar-refractivity contribution in [2.75, 3.05) is 19.0 Å². The van der Waals surface area contributed by atoms with Gasteiger partial charge in [0.1, 0.15) is 23.4 Å². The number of hydrogen-bond donors (Lipinski definition) is 2. The molecule has 0 heterocycles. The summed E-state index contributed by atoms with van der Waals surface area (Å²) in [5.74, 6) is -0.0143. The molecule has 3 amide bonds. The highest BCUT2D eigenvalue weighted by Gasteiger charge is 2.37. The van der Waals surface area contributed by atoms with Crippen LogP contribution in [0.25, 0.3) is 0 Å². The van der Waals surface area contributed by atoms with Crippen molar-refractivity contribution in [2.45, 2.75) is 97.8 Å². The topological polar surface area (TPSA) is 97.0 Å². The van der Waals surface area contributed by atoms with E-state index in [4.69, 9.17) is 9.47 Å². The molecule has 2 atom stereocenters. The first-order valence-electron chi connectivity index (χ1n) is 16.3. The number of carbonyl (C=O) groups excluding carboxylic acids is 3. The van der Waals surface area contributed by atoms with Gasteiger partial charge in [-0.3, -0.25) is 9.59 Å². The highest BCUT2D eigenvalue weighted by Crippen LogP contribution is 2.29. The van der Waals surface area contributed by atoms with Crippen molar-refractivity contribution in [3.63, 3.8) is 0 Å². The molecule has 0 bridgehead atoms. The van der Waals surface area contributed by atoms with Crippen LogP contribution in [-0.4, -0.2) is 48.1 Å². The minimum absolute atomic E-state index is 0.241. The van der Waals surface area contributed by atoms with Gasteiger partial charge in [-0.05, 0) is 82.0 Å². The molecule has 3 aromatic carbocycles. The summed E-state index contributed by atoms with van der Waals surface area (Å²) in [7, 11) is 1.59. The molecule has 2 N–H and O–H groups in total. The Balaban J connectivity index is 2.08. The Labute approximate surface area is 274 Å². The van der Waals surface area contributed by atoms with E-state index in [-0.39, 0.29) is 18.2 Å². The van der Waals surface area contributed by atoms with Gasteiger partial charge in [0.25, 0.3) is 5.91 Å². The van der Waals surface area contributed by atoms with Crippen LogP contribution in [0, 0.1) is 13.8 Å². The number of unbranched alkanes of at least 4 members (excludes halogenated alkanes) is 4. The quantitative estimate of drug-likeness (QED) is 0.167. The van der Waals surface area contributed by atoms with E-state index in [1.54, 1.807) is 57.0 Å². The van der Waals surface area contributed by atoms with Crippen LogP contribution in [-0.2, 0) is 20.7 Å². The molecule has 2 unspecified atom stereocenters. The van der Waals surface area contributed by atoms with Crippen LogP contribution >= 0.6 is 0 Å². The van der Waals surface area contributed by atoms with E-state index in [9.17, 15) is 14.4 Å². The van der Waals surface area contributed by atoms with E-state index in [0.717, 1.165) is 47.9 Å². The molecule has 0 aliphatic heterocycles. The molecule has 8 nitrogen and oxygen atoms in total. The normalized spacial score (nSPS) is 12.5. The molecule has 8 heteroatoms. The Kier molecular flexibility index (Phi) is 13.7. The van der Waals surface area contributed by atoms with E-state index >= 15 is 0 Å². The van der Waals surface area contributed by atoms with Crippen molar-refractivity contribution in [3.05, 3.63) is 95.1 Å². The second-order valence-corrected chi connectivity index (χ2v) is 12.8. The Morgan fingerprint density at radius 3 is 2.15 bits per heavy atom. The number of rotatable bonds is 15. The largest absolute Gasteiger partial charge is 0.497 e. The number of amides is 3. The van der Waals surface area contributed by atoms with E-state index in [1.165, 1.54) is 0 Å². The third-order valence-electron chi connectivity index (χ3n) is 7.69. The van der Waals surface area contributed by atoms with Gasteiger partial charge in [-0.1, -0.05) is 86.7 Å². The predicted molar refractivity (Wildman–Crippen MR) is 184 cm³/mol. The van der Waals surface area contributed by atoms with Crippen LogP contribution in [0.4, 0.5) is 10.5 Å². The zero-order chi connectivity index (χ0) is 33.7. The molecule has 0 radical (unpaired) electrons. The average Bonchev–Trinajstić information content (AvgIpc) is 3.00. The number of methoxy groups -OCH3 is 1. The smallest absolute Gasteiger partial charge is 0.408 e. The zero-order valence-electron chi connectivity index (χ0n) is 28.5. The molecule has 0 aliphatic carbocycles. The first-order chi connectivity index (χ1) is 21.9. The fourth-order valence-corrected chi connectivity index (χ4v) is 5.42. The Morgan fingerprint density at radius 2 is 1.54 bits per heavy atom. The first kappa shape index (κ1) is 36.1. The number of ether oxygens (including phenoxy) is 2. The number of carbonyl (C=O) groups is 3. The standard InChI is InChI=1S/C38H51N3O5/c1-8-9-10-11-15-24-41(36(43)33(26-29-16-13-12-14-17-29)40-37(44)46-38(4,5)6)34(32-23-18-27(2)25-28(32)3)35(42)39-30-19-21-31(45-7)22-20-30/h12-14,16-23,25,33-34H,8-11,15,24,26H2,1-7H3,(H,39,42)(H,40,44). The predicted octanol–water partition coefficient (Wildman–Crippen LogP) is 7.93. The summed E-state index contributed by atoms with van der Waals surface area (Å²) in [5, 5.41) is 5.89. The number of hydrogen-bond acceptors (Lipinski definition) is 5. The molecule has 0 aliphatic rings. The Morgan fingerprint density at radius 1 is 0.870 bits per heavy atom. The number of alkyl carbamates (subject to hydrolysis) is 1. The van der Waals surface area contributed by atoms with Crippen LogP contribution < -0.4 is 15.4 Å². The lowest BCUT2D eigenvalue weighted by Crippen LogP contribution is -2.53. The fourth-order valence-electron chi connectivity index (χ4n) is 5.42. The number of nitrogens with zero attached hydrogens (tertiary/aromatic N) is 1. The van der Waals surface area contributed by atoms with Crippen molar-refractivity contribution >= 4 is 23.6 Å².